The van der Waals surface area contributed by atoms with Crippen molar-refractivity contribution in [3.8, 4) is 0 Å². The summed E-state index contributed by atoms with van der Waals surface area (Å²) in [6.07, 6.45) is 3.44. The molecule has 0 spiro atoms. The van der Waals surface area contributed by atoms with Crippen LogP contribution in [-0.4, -0.2) is 6.04 Å². The van der Waals surface area contributed by atoms with E-state index in [4.69, 9.17) is 21.8 Å². The summed E-state index contributed by atoms with van der Waals surface area (Å²) in [5.41, 5.74) is 7.13. The van der Waals surface area contributed by atoms with Gasteiger partial charge < -0.3 is 10.2 Å². The van der Waals surface area contributed by atoms with Crippen LogP contribution in [0.3, 0.4) is 0 Å². The van der Waals surface area contributed by atoms with Crippen molar-refractivity contribution in [3.05, 3.63) is 35.0 Å². The third-order valence-electron chi connectivity index (χ3n) is 4.77. The second-order valence-electron chi connectivity index (χ2n) is 6.39. The van der Waals surface area contributed by atoms with Crippen LogP contribution < -0.4 is 5.73 Å². The van der Waals surface area contributed by atoms with E-state index in [2.05, 4.69) is 19.9 Å². The first-order chi connectivity index (χ1) is 9.56. The summed E-state index contributed by atoms with van der Waals surface area (Å²) >= 11 is 6.20. The average molecular weight is 292 g/mol. The predicted molar refractivity (Wildman–Crippen MR) is 84.1 cm³/mol. The molecule has 2 nitrogen and oxygen atoms in total. The summed E-state index contributed by atoms with van der Waals surface area (Å²) in [5, 5.41) is 1.75. The summed E-state index contributed by atoms with van der Waals surface area (Å²) in [4.78, 5) is 0. The Bertz CT molecular complexity index is 604. The molecule has 1 aromatic heterocycles. The van der Waals surface area contributed by atoms with Gasteiger partial charge in [0.05, 0.1) is 5.02 Å². The van der Waals surface area contributed by atoms with Crippen molar-refractivity contribution in [2.24, 2.45) is 17.6 Å². The highest BCUT2D eigenvalue weighted by atomic mass is 35.5. The highest BCUT2D eigenvalue weighted by molar-refractivity contribution is 6.34. The standard InChI is InChI=1S/C17H22ClNO/c1-10(2)11-6-7-15(19)13(8-11)16-9-12-4-3-5-14(18)17(12)20-16/h3-5,9-11,13,15H,6-8,19H2,1-2H3. The molecule has 2 N–H and O–H groups in total. The van der Waals surface area contributed by atoms with Gasteiger partial charge in [0.15, 0.2) is 5.58 Å². The van der Waals surface area contributed by atoms with Gasteiger partial charge in [0.2, 0.25) is 0 Å². The summed E-state index contributed by atoms with van der Waals surface area (Å²) in [6, 6.07) is 8.19. The number of nitrogens with two attached hydrogens (primary N) is 1. The van der Waals surface area contributed by atoms with E-state index in [0.29, 0.717) is 16.9 Å². The molecular weight excluding hydrogens is 270 g/mol. The summed E-state index contributed by atoms with van der Waals surface area (Å²) < 4.78 is 6.02. The molecule has 1 saturated carbocycles. The van der Waals surface area contributed by atoms with Crippen LogP contribution in [0.15, 0.2) is 28.7 Å². The molecule has 1 aliphatic carbocycles. The first kappa shape index (κ1) is 14.0. The van der Waals surface area contributed by atoms with E-state index in [1.54, 1.807) is 0 Å². The number of para-hydroxylation sites is 1. The van der Waals surface area contributed by atoms with Gasteiger partial charge >= 0.3 is 0 Å². The minimum atomic E-state index is 0.198. The molecule has 0 radical (unpaired) electrons. The maximum absolute atomic E-state index is 6.34. The maximum Gasteiger partial charge on any atom is 0.152 e. The predicted octanol–water partition coefficient (Wildman–Crippen LogP) is 4.95. The molecule has 2 aromatic rings. The Morgan fingerprint density at radius 2 is 2.10 bits per heavy atom. The fraction of sp³-hybridized carbons (Fsp3) is 0.529. The lowest BCUT2D eigenvalue weighted by molar-refractivity contribution is 0.218. The van der Waals surface area contributed by atoms with Gasteiger partial charge in [0.25, 0.3) is 0 Å². The number of hydrogen-bond donors (Lipinski definition) is 1. The van der Waals surface area contributed by atoms with Gasteiger partial charge in [-0.2, -0.15) is 0 Å². The first-order valence-corrected chi connectivity index (χ1v) is 7.87. The normalized spacial score (nSPS) is 27.4. The Kier molecular flexibility index (Phi) is 3.78. The summed E-state index contributed by atoms with van der Waals surface area (Å²) in [6.45, 7) is 4.60. The van der Waals surface area contributed by atoms with Crippen molar-refractivity contribution < 1.29 is 4.42 Å². The van der Waals surface area contributed by atoms with Gasteiger partial charge in [0, 0.05) is 17.3 Å². The zero-order valence-corrected chi connectivity index (χ0v) is 12.9. The lowest BCUT2D eigenvalue weighted by Gasteiger charge is -2.35. The zero-order valence-electron chi connectivity index (χ0n) is 12.1. The van der Waals surface area contributed by atoms with Crippen LogP contribution in [-0.2, 0) is 0 Å². The van der Waals surface area contributed by atoms with Crippen molar-refractivity contribution in [1.29, 1.82) is 0 Å². The molecule has 3 unspecified atom stereocenters. The monoisotopic (exact) mass is 291 g/mol. The van der Waals surface area contributed by atoms with E-state index in [-0.39, 0.29) is 6.04 Å². The molecule has 1 heterocycles. The lowest BCUT2D eigenvalue weighted by Crippen LogP contribution is -2.35. The molecule has 108 valence electrons. The van der Waals surface area contributed by atoms with Crippen LogP contribution in [0.4, 0.5) is 0 Å². The van der Waals surface area contributed by atoms with Crippen molar-refractivity contribution in [2.75, 3.05) is 0 Å². The topological polar surface area (TPSA) is 39.2 Å². The number of hydrogen-bond acceptors (Lipinski definition) is 2. The van der Waals surface area contributed by atoms with Gasteiger partial charge in [-0.1, -0.05) is 37.6 Å². The molecule has 3 heteroatoms. The average Bonchev–Trinajstić information content (AvgIpc) is 2.84. The van der Waals surface area contributed by atoms with E-state index in [0.717, 1.165) is 35.5 Å². The van der Waals surface area contributed by atoms with Crippen LogP contribution in [0.25, 0.3) is 11.0 Å². The lowest BCUT2D eigenvalue weighted by atomic mass is 9.73. The first-order valence-electron chi connectivity index (χ1n) is 7.49. The number of furan rings is 1. The number of fused-ring (bicyclic) bond motifs is 1. The fourth-order valence-corrected chi connectivity index (χ4v) is 3.61. The quantitative estimate of drug-likeness (QED) is 0.850. The second kappa shape index (κ2) is 5.42. The molecule has 0 amide bonds. The van der Waals surface area contributed by atoms with Crippen molar-refractivity contribution in [3.63, 3.8) is 0 Å². The van der Waals surface area contributed by atoms with E-state index in [1.807, 2.05) is 18.2 Å². The molecule has 3 atom stereocenters. The van der Waals surface area contributed by atoms with Gasteiger partial charge in [-0.3, -0.25) is 0 Å². The summed E-state index contributed by atoms with van der Waals surface area (Å²) in [7, 11) is 0. The summed E-state index contributed by atoms with van der Waals surface area (Å²) in [5.74, 6) is 2.77. The smallest absolute Gasteiger partial charge is 0.152 e. The third-order valence-corrected chi connectivity index (χ3v) is 5.07. The van der Waals surface area contributed by atoms with Crippen LogP contribution in [0.1, 0.15) is 44.8 Å². The minimum Gasteiger partial charge on any atom is -0.459 e. The van der Waals surface area contributed by atoms with Crippen LogP contribution in [0.2, 0.25) is 5.02 Å². The Morgan fingerprint density at radius 3 is 2.80 bits per heavy atom. The van der Waals surface area contributed by atoms with Crippen LogP contribution >= 0.6 is 11.6 Å². The van der Waals surface area contributed by atoms with E-state index < -0.39 is 0 Å². The van der Waals surface area contributed by atoms with E-state index in [1.165, 1.54) is 6.42 Å². The Labute approximate surface area is 125 Å². The SMILES string of the molecule is CC(C)C1CCC(N)C(c2cc3cccc(Cl)c3o2)C1. The zero-order chi connectivity index (χ0) is 14.3. The fourth-order valence-electron chi connectivity index (χ4n) is 3.39. The maximum atomic E-state index is 6.34. The molecule has 1 aliphatic rings. The third kappa shape index (κ3) is 2.47. The Hall–Kier alpha value is -0.990. The van der Waals surface area contributed by atoms with Crippen molar-refractivity contribution in [1.82, 2.24) is 0 Å². The van der Waals surface area contributed by atoms with Gasteiger partial charge in [-0.25, -0.2) is 0 Å². The van der Waals surface area contributed by atoms with Crippen LogP contribution in [0, 0.1) is 11.8 Å². The molecule has 1 aromatic carbocycles. The van der Waals surface area contributed by atoms with Crippen LogP contribution in [0.5, 0.6) is 0 Å². The number of benzene rings is 1. The number of halogens is 1. The molecule has 3 rings (SSSR count). The molecule has 20 heavy (non-hydrogen) atoms. The highest BCUT2D eigenvalue weighted by Crippen LogP contribution is 2.41. The van der Waals surface area contributed by atoms with Crippen molar-refractivity contribution in [2.45, 2.75) is 45.1 Å². The van der Waals surface area contributed by atoms with Gasteiger partial charge in [-0.15, -0.1) is 0 Å². The second-order valence-corrected chi connectivity index (χ2v) is 6.80. The van der Waals surface area contributed by atoms with Crippen molar-refractivity contribution >= 4 is 22.6 Å². The largest absolute Gasteiger partial charge is 0.459 e. The Balaban J connectivity index is 1.94. The molecular formula is C17H22ClNO. The van der Waals surface area contributed by atoms with Gasteiger partial charge in [0.1, 0.15) is 5.76 Å². The minimum absolute atomic E-state index is 0.198. The molecule has 1 fully saturated rings. The highest BCUT2D eigenvalue weighted by Gasteiger charge is 2.32. The van der Waals surface area contributed by atoms with E-state index in [9.17, 15) is 0 Å². The molecule has 0 saturated heterocycles. The molecule has 0 aliphatic heterocycles. The van der Waals surface area contributed by atoms with E-state index >= 15 is 0 Å². The Morgan fingerprint density at radius 1 is 1.30 bits per heavy atom. The van der Waals surface area contributed by atoms with Gasteiger partial charge in [-0.05, 0) is 43.2 Å². The number of rotatable bonds is 2. The molecule has 0 bridgehead atoms.